The van der Waals surface area contributed by atoms with E-state index in [-0.39, 0.29) is 12.4 Å². The topological polar surface area (TPSA) is 26.3 Å². The first-order valence-corrected chi connectivity index (χ1v) is 7.77. The Balaban J connectivity index is 1.85. The molecule has 0 heterocycles. The molecule has 0 unspecified atom stereocenters. The van der Waals surface area contributed by atoms with Gasteiger partial charge >= 0.3 is 0 Å². The fourth-order valence-corrected chi connectivity index (χ4v) is 2.25. The summed E-state index contributed by atoms with van der Waals surface area (Å²) in [5.41, 5.74) is 0. The Morgan fingerprint density at radius 3 is 2.32 bits per heavy atom. The van der Waals surface area contributed by atoms with E-state index < -0.39 is 0 Å². The Morgan fingerprint density at radius 2 is 1.63 bits per heavy atom. The summed E-state index contributed by atoms with van der Waals surface area (Å²) < 4.78 is 5.44. The van der Waals surface area contributed by atoms with Crippen LogP contribution in [0.4, 0.5) is 0 Å². The molecule has 1 aliphatic rings. The third-order valence-electron chi connectivity index (χ3n) is 3.46. The Hall–Kier alpha value is -0.890. The summed E-state index contributed by atoms with van der Waals surface area (Å²) in [4.78, 5) is 11.6. The van der Waals surface area contributed by atoms with Gasteiger partial charge in [-0.3, -0.25) is 4.79 Å². The van der Waals surface area contributed by atoms with Crippen molar-refractivity contribution >= 4 is 5.78 Å². The van der Waals surface area contributed by atoms with E-state index in [1.54, 1.807) is 0 Å². The number of carbonyl (C=O) groups excluding carboxylic acids is 1. The van der Waals surface area contributed by atoms with Gasteiger partial charge in [0.2, 0.25) is 0 Å². The number of ketones is 1. The Labute approximate surface area is 117 Å². The molecule has 0 radical (unpaired) electrons. The standard InChI is InChI=1S/C17H28O2/c1-2-3-4-5-6-7-8-13-17(18)15-19-14-16-11-9-10-12-16/h9-12,16H,2-8,13-15H2,1H3. The molecule has 0 aliphatic heterocycles. The smallest absolute Gasteiger partial charge is 0.158 e. The Kier molecular flexibility index (Phi) is 9.34. The van der Waals surface area contributed by atoms with E-state index in [4.69, 9.17) is 4.74 Å². The van der Waals surface area contributed by atoms with Crippen molar-refractivity contribution in [2.75, 3.05) is 13.2 Å². The number of unbranched alkanes of at least 4 members (excludes halogenated alkanes) is 6. The van der Waals surface area contributed by atoms with Crippen molar-refractivity contribution in [3.63, 3.8) is 0 Å². The monoisotopic (exact) mass is 264 g/mol. The van der Waals surface area contributed by atoms with Crippen LogP contribution in [0.3, 0.4) is 0 Å². The second kappa shape index (κ2) is 11.0. The van der Waals surface area contributed by atoms with Crippen LogP contribution in [0.1, 0.15) is 58.3 Å². The third-order valence-corrected chi connectivity index (χ3v) is 3.46. The highest BCUT2D eigenvalue weighted by atomic mass is 16.5. The summed E-state index contributed by atoms with van der Waals surface area (Å²) in [6, 6.07) is 0. The van der Waals surface area contributed by atoms with Crippen LogP contribution in [-0.2, 0) is 9.53 Å². The molecule has 2 heteroatoms. The van der Waals surface area contributed by atoms with Gasteiger partial charge < -0.3 is 4.74 Å². The summed E-state index contributed by atoms with van der Waals surface area (Å²) in [5, 5.41) is 0. The molecule has 2 nitrogen and oxygen atoms in total. The summed E-state index contributed by atoms with van der Waals surface area (Å²) in [6.07, 6.45) is 17.7. The Morgan fingerprint density at radius 1 is 1.00 bits per heavy atom. The maximum absolute atomic E-state index is 11.6. The molecule has 19 heavy (non-hydrogen) atoms. The van der Waals surface area contributed by atoms with Crippen LogP contribution in [0.5, 0.6) is 0 Å². The molecule has 0 N–H and O–H groups in total. The number of Topliss-reactive ketones (excluding diaryl/α,β-unsaturated/α-hetero) is 1. The van der Waals surface area contributed by atoms with Crippen LogP contribution < -0.4 is 0 Å². The van der Waals surface area contributed by atoms with Crippen LogP contribution in [0.2, 0.25) is 0 Å². The first kappa shape index (κ1) is 16.2. The van der Waals surface area contributed by atoms with Crippen molar-refractivity contribution < 1.29 is 9.53 Å². The van der Waals surface area contributed by atoms with Gasteiger partial charge in [0, 0.05) is 12.3 Å². The number of carbonyl (C=O) groups is 1. The van der Waals surface area contributed by atoms with Crippen LogP contribution >= 0.6 is 0 Å². The SMILES string of the molecule is CCCCCCCCCC(=O)COCC1C=CC=C1. The minimum Gasteiger partial charge on any atom is -0.373 e. The molecular formula is C17H28O2. The normalized spacial score (nSPS) is 14.4. The molecule has 0 bridgehead atoms. The number of hydrogen-bond acceptors (Lipinski definition) is 2. The van der Waals surface area contributed by atoms with Crippen molar-refractivity contribution in [3.05, 3.63) is 24.3 Å². The van der Waals surface area contributed by atoms with Gasteiger partial charge in [0.15, 0.2) is 5.78 Å². The maximum atomic E-state index is 11.6. The van der Waals surface area contributed by atoms with Crippen molar-refractivity contribution in [3.8, 4) is 0 Å². The van der Waals surface area contributed by atoms with E-state index in [1.165, 1.54) is 38.5 Å². The number of rotatable bonds is 12. The fraction of sp³-hybridized carbons (Fsp3) is 0.706. The fourth-order valence-electron chi connectivity index (χ4n) is 2.25. The molecule has 0 saturated heterocycles. The van der Waals surface area contributed by atoms with Gasteiger partial charge in [0.25, 0.3) is 0 Å². The van der Waals surface area contributed by atoms with Crippen molar-refractivity contribution in [1.82, 2.24) is 0 Å². The van der Waals surface area contributed by atoms with Crippen LogP contribution in [0, 0.1) is 5.92 Å². The van der Waals surface area contributed by atoms with E-state index in [0.717, 1.165) is 6.42 Å². The second-order valence-corrected chi connectivity index (χ2v) is 5.36. The molecule has 0 fully saturated rings. The molecule has 1 rings (SSSR count). The average Bonchev–Trinajstić information content (AvgIpc) is 2.91. The van der Waals surface area contributed by atoms with E-state index in [9.17, 15) is 4.79 Å². The molecule has 0 amide bonds. The number of allylic oxidation sites excluding steroid dienone is 2. The molecule has 0 aromatic carbocycles. The number of hydrogen-bond donors (Lipinski definition) is 0. The molecule has 0 saturated carbocycles. The highest BCUT2D eigenvalue weighted by Crippen LogP contribution is 2.10. The van der Waals surface area contributed by atoms with E-state index >= 15 is 0 Å². The van der Waals surface area contributed by atoms with Crippen molar-refractivity contribution in [1.29, 1.82) is 0 Å². The van der Waals surface area contributed by atoms with Crippen LogP contribution in [0.15, 0.2) is 24.3 Å². The largest absolute Gasteiger partial charge is 0.373 e. The second-order valence-electron chi connectivity index (χ2n) is 5.36. The van der Waals surface area contributed by atoms with Gasteiger partial charge in [0.05, 0.1) is 6.61 Å². The van der Waals surface area contributed by atoms with Gasteiger partial charge in [-0.25, -0.2) is 0 Å². The number of ether oxygens (including phenoxy) is 1. The molecule has 0 aromatic heterocycles. The summed E-state index contributed by atoms with van der Waals surface area (Å²) in [6.45, 7) is 3.15. The molecule has 1 aliphatic carbocycles. The molecule has 108 valence electrons. The Bertz CT molecular complexity index is 280. The zero-order valence-electron chi connectivity index (χ0n) is 12.3. The average molecular weight is 264 g/mol. The van der Waals surface area contributed by atoms with Gasteiger partial charge in [-0.1, -0.05) is 69.8 Å². The van der Waals surface area contributed by atoms with E-state index in [0.29, 0.717) is 18.9 Å². The minimum absolute atomic E-state index is 0.250. The van der Waals surface area contributed by atoms with E-state index in [2.05, 4.69) is 19.1 Å². The zero-order valence-corrected chi connectivity index (χ0v) is 12.3. The predicted octanol–water partition coefficient (Wildman–Crippen LogP) is 4.46. The van der Waals surface area contributed by atoms with Gasteiger partial charge in [-0.2, -0.15) is 0 Å². The van der Waals surface area contributed by atoms with Gasteiger partial charge in [-0.15, -0.1) is 0 Å². The highest BCUT2D eigenvalue weighted by Gasteiger charge is 2.06. The van der Waals surface area contributed by atoms with Crippen LogP contribution in [-0.4, -0.2) is 19.0 Å². The lowest BCUT2D eigenvalue weighted by molar-refractivity contribution is -0.123. The lowest BCUT2D eigenvalue weighted by Crippen LogP contribution is -2.12. The first-order valence-electron chi connectivity index (χ1n) is 7.77. The van der Waals surface area contributed by atoms with Gasteiger partial charge in [-0.05, 0) is 6.42 Å². The summed E-state index contributed by atoms with van der Waals surface area (Å²) in [7, 11) is 0. The van der Waals surface area contributed by atoms with Gasteiger partial charge in [0.1, 0.15) is 6.61 Å². The molecular weight excluding hydrogens is 236 g/mol. The van der Waals surface area contributed by atoms with Crippen LogP contribution in [0.25, 0.3) is 0 Å². The molecule has 0 aromatic rings. The van der Waals surface area contributed by atoms with Crippen molar-refractivity contribution in [2.45, 2.75) is 58.3 Å². The lowest BCUT2D eigenvalue weighted by Gasteiger charge is -2.06. The zero-order chi connectivity index (χ0) is 13.8. The van der Waals surface area contributed by atoms with E-state index in [1.807, 2.05) is 12.2 Å². The summed E-state index contributed by atoms with van der Waals surface area (Å²) >= 11 is 0. The minimum atomic E-state index is 0.250. The predicted molar refractivity (Wildman–Crippen MR) is 80.2 cm³/mol. The first-order chi connectivity index (χ1) is 9.33. The quantitative estimate of drug-likeness (QED) is 0.487. The van der Waals surface area contributed by atoms with Crippen molar-refractivity contribution in [2.24, 2.45) is 5.92 Å². The highest BCUT2D eigenvalue weighted by molar-refractivity contribution is 5.79. The molecule has 0 atom stereocenters. The summed E-state index contributed by atoms with van der Waals surface area (Å²) in [5.74, 6) is 0.617. The molecule has 0 spiro atoms. The maximum Gasteiger partial charge on any atom is 0.158 e. The third kappa shape index (κ3) is 8.77. The lowest BCUT2D eigenvalue weighted by atomic mass is 10.1.